The third kappa shape index (κ3) is 4.86. The van der Waals surface area contributed by atoms with E-state index in [0.29, 0.717) is 23.6 Å². The first-order chi connectivity index (χ1) is 10.7. The highest BCUT2D eigenvalue weighted by atomic mass is 16.5. The average Bonchev–Trinajstić information content (AvgIpc) is 2.54. The lowest BCUT2D eigenvalue weighted by atomic mass is 10.2. The number of rotatable bonds is 7. The second-order valence-corrected chi connectivity index (χ2v) is 5.03. The summed E-state index contributed by atoms with van der Waals surface area (Å²) in [4.78, 5) is 16.2. The number of nitrogens with zero attached hydrogens (tertiary/aromatic N) is 1. The highest BCUT2D eigenvalue weighted by Crippen LogP contribution is 2.20. The Bertz CT molecular complexity index is 602. The van der Waals surface area contributed by atoms with Crippen molar-refractivity contribution < 1.29 is 14.6 Å². The van der Waals surface area contributed by atoms with Crippen LogP contribution in [0.5, 0.6) is 11.5 Å². The molecular formula is C17H20N2O3. The van der Waals surface area contributed by atoms with Gasteiger partial charge in [0, 0.05) is 24.9 Å². The number of carbonyl (C=O) groups is 1. The third-order valence-corrected chi connectivity index (χ3v) is 3.12. The fraction of sp³-hybridized carbons (Fsp3) is 0.294. The molecule has 0 aliphatic heterocycles. The zero-order chi connectivity index (χ0) is 15.8. The summed E-state index contributed by atoms with van der Waals surface area (Å²) >= 11 is 0. The lowest BCUT2D eigenvalue weighted by Gasteiger charge is -2.13. The quantitative estimate of drug-likeness (QED) is 0.825. The maximum atomic E-state index is 12.1. The Hall–Kier alpha value is -2.40. The Labute approximate surface area is 130 Å². The number of aromatic nitrogens is 1. The summed E-state index contributed by atoms with van der Waals surface area (Å²) in [7, 11) is 0. The molecule has 0 fully saturated rings. The van der Waals surface area contributed by atoms with Crippen molar-refractivity contribution in [3.05, 3.63) is 54.4 Å². The monoisotopic (exact) mass is 300 g/mol. The lowest BCUT2D eigenvalue weighted by molar-refractivity contribution is 0.0931. The first-order valence-corrected chi connectivity index (χ1v) is 7.29. The molecule has 22 heavy (non-hydrogen) atoms. The van der Waals surface area contributed by atoms with Gasteiger partial charge in [-0.3, -0.25) is 9.78 Å². The second-order valence-electron chi connectivity index (χ2n) is 5.03. The van der Waals surface area contributed by atoms with E-state index in [1.54, 1.807) is 18.3 Å². The van der Waals surface area contributed by atoms with E-state index in [-0.39, 0.29) is 18.6 Å². The Morgan fingerprint density at radius 2 is 2.05 bits per heavy atom. The standard InChI is InChI=1S/C17H20N2O3/c1-13(6-5-11-20)19-17(21)16-12-15(9-10-18-16)22-14-7-3-2-4-8-14/h2-4,7-10,12-13,20H,5-6,11H2,1H3,(H,19,21). The number of benzene rings is 1. The predicted octanol–water partition coefficient (Wildman–Crippen LogP) is 2.76. The maximum Gasteiger partial charge on any atom is 0.270 e. The molecule has 1 atom stereocenters. The number of aliphatic hydroxyl groups is 1. The average molecular weight is 300 g/mol. The molecule has 5 heteroatoms. The van der Waals surface area contributed by atoms with E-state index in [0.717, 1.165) is 6.42 Å². The molecule has 1 aromatic heterocycles. The summed E-state index contributed by atoms with van der Waals surface area (Å²) in [5.74, 6) is 1.02. The number of ether oxygens (including phenoxy) is 1. The molecule has 0 saturated carbocycles. The van der Waals surface area contributed by atoms with Gasteiger partial charge in [0.15, 0.2) is 0 Å². The molecule has 0 saturated heterocycles. The van der Waals surface area contributed by atoms with Crippen LogP contribution in [0.2, 0.25) is 0 Å². The molecule has 0 spiro atoms. The zero-order valence-electron chi connectivity index (χ0n) is 12.5. The SMILES string of the molecule is CC(CCCO)NC(=O)c1cc(Oc2ccccc2)ccn1. The molecule has 1 unspecified atom stereocenters. The van der Waals surface area contributed by atoms with Crippen molar-refractivity contribution >= 4 is 5.91 Å². The molecular weight excluding hydrogens is 280 g/mol. The minimum atomic E-state index is -0.246. The maximum absolute atomic E-state index is 12.1. The number of nitrogens with one attached hydrogen (secondary N) is 1. The molecule has 2 N–H and O–H groups in total. The van der Waals surface area contributed by atoms with Crippen molar-refractivity contribution in [3.63, 3.8) is 0 Å². The van der Waals surface area contributed by atoms with Crippen molar-refractivity contribution in [2.24, 2.45) is 0 Å². The van der Waals surface area contributed by atoms with Gasteiger partial charge in [-0.25, -0.2) is 0 Å². The summed E-state index contributed by atoms with van der Waals surface area (Å²) in [6, 6.07) is 12.7. The Morgan fingerprint density at radius 1 is 1.27 bits per heavy atom. The van der Waals surface area contributed by atoms with Gasteiger partial charge in [0.1, 0.15) is 17.2 Å². The van der Waals surface area contributed by atoms with Gasteiger partial charge in [-0.2, -0.15) is 0 Å². The molecule has 0 aliphatic rings. The molecule has 1 aromatic carbocycles. The van der Waals surface area contributed by atoms with E-state index >= 15 is 0 Å². The van der Waals surface area contributed by atoms with Gasteiger partial charge in [0.05, 0.1) is 0 Å². The molecule has 0 radical (unpaired) electrons. The van der Waals surface area contributed by atoms with Crippen LogP contribution in [-0.4, -0.2) is 28.6 Å². The van der Waals surface area contributed by atoms with Crippen LogP contribution in [0, 0.1) is 0 Å². The lowest BCUT2D eigenvalue weighted by Crippen LogP contribution is -2.33. The first-order valence-electron chi connectivity index (χ1n) is 7.29. The fourth-order valence-corrected chi connectivity index (χ4v) is 1.99. The summed E-state index contributed by atoms with van der Waals surface area (Å²) in [5.41, 5.74) is 0.310. The number of hydrogen-bond acceptors (Lipinski definition) is 4. The molecule has 2 rings (SSSR count). The summed E-state index contributed by atoms with van der Waals surface area (Å²) in [5, 5.41) is 11.7. The minimum Gasteiger partial charge on any atom is -0.457 e. The van der Waals surface area contributed by atoms with E-state index in [1.165, 1.54) is 0 Å². The van der Waals surface area contributed by atoms with Crippen molar-refractivity contribution in [3.8, 4) is 11.5 Å². The Kier molecular flexibility index (Phi) is 5.91. The van der Waals surface area contributed by atoms with Crippen LogP contribution in [-0.2, 0) is 0 Å². The number of hydrogen-bond donors (Lipinski definition) is 2. The summed E-state index contributed by atoms with van der Waals surface area (Å²) in [6.45, 7) is 2.02. The zero-order valence-corrected chi connectivity index (χ0v) is 12.5. The van der Waals surface area contributed by atoms with Crippen molar-refractivity contribution in [2.45, 2.75) is 25.8 Å². The van der Waals surface area contributed by atoms with E-state index in [1.807, 2.05) is 37.3 Å². The van der Waals surface area contributed by atoms with Crippen LogP contribution in [0.15, 0.2) is 48.7 Å². The molecule has 1 amide bonds. The molecule has 2 aromatic rings. The van der Waals surface area contributed by atoms with Gasteiger partial charge in [-0.15, -0.1) is 0 Å². The van der Waals surface area contributed by atoms with Crippen LogP contribution in [0.4, 0.5) is 0 Å². The van der Waals surface area contributed by atoms with Crippen LogP contribution in [0.3, 0.4) is 0 Å². The summed E-state index contributed by atoms with van der Waals surface area (Å²) in [6.07, 6.45) is 2.93. The largest absolute Gasteiger partial charge is 0.457 e. The number of aliphatic hydroxyl groups excluding tert-OH is 1. The normalized spacial score (nSPS) is 11.7. The topological polar surface area (TPSA) is 71.5 Å². The van der Waals surface area contributed by atoms with Crippen molar-refractivity contribution in [2.75, 3.05) is 6.61 Å². The van der Waals surface area contributed by atoms with Gasteiger partial charge in [-0.1, -0.05) is 18.2 Å². The van der Waals surface area contributed by atoms with Gasteiger partial charge < -0.3 is 15.2 Å². The predicted molar refractivity (Wildman–Crippen MR) is 84.0 cm³/mol. The molecule has 116 valence electrons. The molecule has 0 bridgehead atoms. The van der Waals surface area contributed by atoms with Gasteiger partial charge in [-0.05, 0) is 38.0 Å². The third-order valence-electron chi connectivity index (χ3n) is 3.12. The smallest absolute Gasteiger partial charge is 0.270 e. The second kappa shape index (κ2) is 8.14. The van der Waals surface area contributed by atoms with Gasteiger partial charge >= 0.3 is 0 Å². The van der Waals surface area contributed by atoms with E-state index in [2.05, 4.69) is 10.3 Å². The number of para-hydroxylation sites is 1. The number of amides is 1. The molecule has 1 heterocycles. The van der Waals surface area contributed by atoms with Crippen LogP contribution in [0.1, 0.15) is 30.3 Å². The van der Waals surface area contributed by atoms with Gasteiger partial charge in [0.25, 0.3) is 5.91 Å². The molecule has 5 nitrogen and oxygen atoms in total. The first kappa shape index (κ1) is 16.0. The number of carbonyl (C=O) groups excluding carboxylic acids is 1. The Balaban J connectivity index is 2.00. The van der Waals surface area contributed by atoms with Crippen molar-refractivity contribution in [1.29, 1.82) is 0 Å². The Morgan fingerprint density at radius 3 is 2.77 bits per heavy atom. The van der Waals surface area contributed by atoms with Crippen LogP contribution < -0.4 is 10.1 Å². The summed E-state index contributed by atoms with van der Waals surface area (Å²) < 4.78 is 5.69. The van der Waals surface area contributed by atoms with Gasteiger partial charge in [0.2, 0.25) is 0 Å². The van der Waals surface area contributed by atoms with E-state index in [9.17, 15) is 4.79 Å². The van der Waals surface area contributed by atoms with Crippen LogP contribution >= 0.6 is 0 Å². The molecule has 0 aliphatic carbocycles. The van der Waals surface area contributed by atoms with E-state index < -0.39 is 0 Å². The fourth-order valence-electron chi connectivity index (χ4n) is 1.99. The minimum absolute atomic E-state index is 0.0138. The van der Waals surface area contributed by atoms with Crippen molar-refractivity contribution in [1.82, 2.24) is 10.3 Å². The van der Waals surface area contributed by atoms with E-state index in [4.69, 9.17) is 9.84 Å². The highest BCUT2D eigenvalue weighted by Gasteiger charge is 2.12. The van der Waals surface area contributed by atoms with Crippen LogP contribution in [0.25, 0.3) is 0 Å². The number of pyridine rings is 1. The highest BCUT2D eigenvalue weighted by molar-refractivity contribution is 5.92.